The number of nitrogens with zero attached hydrogens (tertiary/aromatic N) is 2. The van der Waals surface area contributed by atoms with E-state index in [2.05, 4.69) is 16.7 Å². The van der Waals surface area contributed by atoms with E-state index in [9.17, 15) is 0 Å². The van der Waals surface area contributed by atoms with E-state index in [0.717, 1.165) is 21.0 Å². The Bertz CT molecular complexity index is 531. The van der Waals surface area contributed by atoms with Crippen molar-refractivity contribution in [1.29, 1.82) is 0 Å². The van der Waals surface area contributed by atoms with Gasteiger partial charge in [-0.2, -0.15) is 0 Å². The average molecular weight is 234 g/mol. The van der Waals surface area contributed by atoms with Gasteiger partial charge in [0.25, 0.3) is 0 Å². The largest absolute Gasteiger partial charge is 0.497 e. The summed E-state index contributed by atoms with van der Waals surface area (Å²) in [7, 11) is 1.67. The zero-order chi connectivity index (χ0) is 11.8. The van der Waals surface area contributed by atoms with Crippen LogP contribution in [-0.4, -0.2) is 18.8 Å². The summed E-state index contributed by atoms with van der Waals surface area (Å²) in [4.78, 5) is 8.66. The van der Waals surface area contributed by atoms with Crippen LogP contribution in [0.15, 0.2) is 23.2 Å². The average Bonchev–Trinajstić information content (AvgIpc) is 2.72. The molecule has 0 saturated heterocycles. The molecule has 0 saturated carbocycles. The van der Waals surface area contributed by atoms with Crippen molar-refractivity contribution >= 4 is 28.3 Å². The number of fused-ring (bicyclic) bond motifs is 1. The molecular formula is C12H14N2OS. The molecule has 0 amide bonds. The molecule has 0 N–H and O–H groups in total. The lowest BCUT2D eigenvalue weighted by molar-refractivity contribution is 0.415. The number of ether oxygens (including phenoxy) is 1. The molecule has 1 aromatic carbocycles. The minimum Gasteiger partial charge on any atom is -0.497 e. The van der Waals surface area contributed by atoms with E-state index in [0.29, 0.717) is 0 Å². The van der Waals surface area contributed by atoms with Gasteiger partial charge in [-0.25, -0.2) is 4.98 Å². The highest BCUT2D eigenvalue weighted by molar-refractivity contribution is 7.18. The SMILES string of the molecule is C=NC(C)(C)c1nc2ccc(OC)cc2s1. The first-order valence-electron chi connectivity index (χ1n) is 5.00. The molecule has 0 aliphatic rings. The molecule has 0 radical (unpaired) electrons. The van der Waals surface area contributed by atoms with E-state index in [-0.39, 0.29) is 5.54 Å². The monoisotopic (exact) mass is 234 g/mol. The summed E-state index contributed by atoms with van der Waals surface area (Å²) in [5.74, 6) is 0.854. The summed E-state index contributed by atoms with van der Waals surface area (Å²) in [6.07, 6.45) is 0. The molecule has 4 heteroatoms. The van der Waals surface area contributed by atoms with Gasteiger partial charge in [-0.1, -0.05) is 0 Å². The lowest BCUT2D eigenvalue weighted by Gasteiger charge is -2.14. The maximum absolute atomic E-state index is 5.19. The number of hydrogen-bond donors (Lipinski definition) is 0. The lowest BCUT2D eigenvalue weighted by Crippen LogP contribution is -2.12. The Morgan fingerprint density at radius 2 is 2.19 bits per heavy atom. The summed E-state index contributed by atoms with van der Waals surface area (Å²) in [5, 5.41) is 0.978. The smallest absolute Gasteiger partial charge is 0.121 e. The molecule has 0 unspecified atom stereocenters. The van der Waals surface area contributed by atoms with Crippen LogP contribution in [0.1, 0.15) is 18.9 Å². The van der Waals surface area contributed by atoms with Gasteiger partial charge in [-0.3, -0.25) is 4.99 Å². The van der Waals surface area contributed by atoms with Crippen molar-refractivity contribution < 1.29 is 4.74 Å². The predicted molar refractivity (Wildman–Crippen MR) is 68.7 cm³/mol. The number of methoxy groups -OCH3 is 1. The second kappa shape index (κ2) is 3.87. The van der Waals surface area contributed by atoms with Crippen LogP contribution < -0.4 is 4.74 Å². The number of hydrogen-bond acceptors (Lipinski definition) is 4. The van der Waals surface area contributed by atoms with Gasteiger partial charge in [0.2, 0.25) is 0 Å². The van der Waals surface area contributed by atoms with Gasteiger partial charge in [0.05, 0.1) is 17.3 Å². The zero-order valence-corrected chi connectivity index (χ0v) is 10.5. The molecule has 3 nitrogen and oxygen atoms in total. The number of thiazole rings is 1. The van der Waals surface area contributed by atoms with E-state index < -0.39 is 0 Å². The Morgan fingerprint density at radius 3 is 2.81 bits per heavy atom. The summed E-state index contributed by atoms with van der Waals surface area (Å²) in [6.45, 7) is 7.62. The Morgan fingerprint density at radius 1 is 1.44 bits per heavy atom. The van der Waals surface area contributed by atoms with Gasteiger partial charge in [0.15, 0.2) is 0 Å². The van der Waals surface area contributed by atoms with Crippen molar-refractivity contribution in [1.82, 2.24) is 4.98 Å². The van der Waals surface area contributed by atoms with E-state index >= 15 is 0 Å². The third kappa shape index (κ3) is 1.80. The van der Waals surface area contributed by atoms with Gasteiger partial charge < -0.3 is 4.74 Å². The van der Waals surface area contributed by atoms with Crippen LogP contribution in [0.5, 0.6) is 5.75 Å². The number of benzene rings is 1. The minimum atomic E-state index is -0.322. The third-order valence-corrected chi connectivity index (χ3v) is 3.85. The van der Waals surface area contributed by atoms with Crippen LogP contribution in [-0.2, 0) is 5.54 Å². The Kier molecular flexibility index (Phi) is 2.68. The summed E-state index contributed by atoms with van der Waals surface area (Å²) in [6, 6.07) is 5.88. The lowest BCUT2D eigenvalue weighted by atomic mass is 10.1. The molecule has 0 spiro atoms. The Balaban J connectivity index is 2.56. The third-order valence-electron chi connectivity index (χ3n) is 2.51. The first kappa shape index (κ1) is 11.1. The molecule has 0 aliphatic heterocycles. The second-order valence-corrected chi connectivity index (χ2v) is 5.10. The maximum Gasteiger partial charge on any atom is 0.121 e. The highest BCUT2D eigenvalue weighted by atomic mass is 32.1. The normalized spacial score (nSPS) is 11.7. The van der Waals surface area contributed by atoms with Crippen molar-refractivity contribution in [3.63, 3.8) is 0 Å². The van der Waals surface area contributed by atoms with E-state index in [1.165, 1.54) is 0 Å². The van der Waals surface area contributed by atoms with Crippen LogP contribution >= 0.6 is 11.3 Å². The second-order valence-electron chi connectivity index (χ2n) is 4.07. The summed E-state index contributed by atoms with van der Waals surface area (Å²) in [5.41, 5.74) is 0.661. The Labute approximate surface area is 98.8 Å². The molecule has 84 valence electrons. The van der Waals surface area contributed by atoms with Crippen LogP contribution in [0.25, 0.3) is 10.2 Å². The Hall–Kier alpha value is -1.42. The molecule has 2 aromatic rings. The molecule has 0 aliphatic carbocycles. The number of rotatable bonds is 3. The standard InChI is InChI=1S/C12H14N2OS/c1-12(2,13-3)11-14-9-6-5-8(15-4)7-10(9)16-11/h5-7H,3H2,1-2,4H3. The van der Waals surface area contributed by atoms with Crippen molar-refractivity contribution in [2.45, 2.75) is 19.4 Å². The highest BCUT2D eigenvalue weighted by Crippen LogP contribution is 2.33. The van der Waals surface area contributed by atoms with Gasteiger partial charge in [0.1, 0.15) is 16.3 Å². The predicted octanol–water partition coefficient (Wildman–Crippen LogP) is 3.24. The molecule has 0 fully saturated rings. The zero-order valence-electron chi connectivity index (χ0n) is 9.65. The quantitative estimate of drug-likeness (QED) is 0.764. The fraction of sp³-hybridized carbons (Fsp3) is 0.333. The molecule has 0 bridgehead atoms. The first-order valence-corrected chi connectivity index (χ1v) is 5.81. The number of aliphatic imine (C=N–C) groups is 1. The van der Waals surface area contributed by atoms with E-state index in [1.54, 1.807) is 18.4 Å². The topological polar surface area (TPSA) is 34.5 Å². The number of aromatic nitrogens is 1. The fourth-order valence-electron chi connectivity index (χ4n) is 1.36. The van der Waals surface area contributed by atoms with Gasteiger partial charge in [-0.05, 0) is 38.8 Å². The van der Waals surface area contributed by atoms with Crippen LogP contribution in [0.3, 0.4) is 0 Å². The summed E-state index contributed by atoms with van der Waals surface area (Å²) >= 11 is 1.63. The molecule has 1 aromatic heterocycles. The van der Waals surface area contributed by atoms with E-state index in [4.69, 9.17) is 4.74 Å². The minimum absolute atomic E-state index is 0.322. The highest BCUT2D eigenvalue weighted by Gasteiger charge is 2.22. The van der Waals surface area contributed by atoms with E-state index in [1.807, 2.05) is 32.0 Å². The van der Waals surface area contributed by atoms with Crippen LogP contribution in [0, 0.1) is 0 Å². The molecule has 0 atom stereocenters. The molecule has 16 heavy (non-hydrogen) atoms. The van der Waals surface area contributed by atoms with Crippen molar-refractivity contribution in [2.24, 2.45) is 4.99 Å². The van der Waals surface area contributed by atoms with Crippen molar-refractivity contribution in [2.75, 3.05) is 7.11 Å². The first-order chi connectivity index (χ1) is 7.56. The van der Waals surface area contributed by atoms with Crippen LogP contribution in [0.4, 0.5) is 0 Å². The van der Waals surface area contributed by atoms with Gasteiger partial charge >= 0.3 is 0 Å². The van der Waals surface area contributed by atoms with Crippen molar-refractivity contribution in [3.8, 4) is 5.75 Å². The fourth-order valence-corrected chi connectivity index (χ4v) is 2.42. The summed E-state index contributed by atoms with van der Waals surface area (Å²) < 4.78 is 6.30. The molecular weight excluding hydrogens is 220 g/mol. The van der Waals surface area contributed by atoms with Gasteiger partial charge in [-0.15, -0.1) is 11.3 Å². The molecule has 1 heterocycles. The molecule has 2 rings (SSSR count). The maximum atomic E-state index is 5.19. The van der Waals surface area contributed by atoms with Crippen LogP contribution in [0.2, 0.25) is 0 Å². The van der Waals surface area contributed by atoms with Crippen molar-refractivity contribution in [3.05, 3.63) is 23.2 Å². The van der Waals surface area contributed by atoms with Gasteiger partial charge in [0, 0.05) is 0 Å².